The van der Waals surface area contributed by atoms with Crippen LogP contribution in [0.3, 0.4) is 0 Å². The van der Waals surface area contributed by atoms with Gasteiger partial charge in [-0.2, -0.15) is 0 Å². The van der Waals surface area contributed by atoms with Crippen molar-refractivity contribution in [2.75, 3.05) is 0 Å². The van der Waals surface area contributed by atoms with Crippen molar-refractivity contribution in [1.29, 1.82) is 0 Å². The first kappa shape index (κ1) is 45.6. The maximum absolute atomic E-state index is 2.24. The molecule has 0 N–H and O–H groups in total. The van der Waals surface area contributed by atoms with Gasteiger partial charge in [-0.3, -0.25) is 0 Å². The molecule has 0 saturated carbocycles. The van der Waals surface area contributed by atoms with Gasteiger partial charge in [0.05, 0.1) is 23.8 Å². The standard InChI is InChI=1S/3C18H15P.Li.Ru.2H/c3*1-4-10-16(11-5-1)19(17-12-6-2-7-13-17)18-14-8-3-9-15-18;;;;/h3*1-15H;;;;/q;;;+1;;;-1/p+3. The Balaban J connectivity index is 0.000000194. The first-order valence-corrected chi connectivity index (χ1v) is 23.9. The Morgan fingerprint density at radius 3 is 0.339 bits per heavy atom. The molecule has 287 valence electrons. The maximum Gasteiger partial charge on any atom is 0.102 e. The number of hydrogen-bond acceptors (Lipinski definition) is 0. The summed E-state index contributed by atoms with van der Waals surface area (Å²) in [7, 11) is -2.63. The predicted octanol–water partition coefficient (Wildman–Crippen LogP) is 6.38. The Morgan fingerprint density at radius 1 is 0.169 bits per heavy atom. The van der Waals surface area contributed by atoms with Crippen LogP contribution in [0.1, 0.15) is 1.43 Å². The van der Waals surface area contributed by atoms with Crippen LogP contribution in [0.4, 0.5) is 0 Å². The van der Waals surface area contributed by atoms with Gasteiger partial charge in [0.2, 0.25) is 0 Å². The van der Waals surface area contributed by atoms with Crippen LogP contribution in [-0.2, 0) is 19.5 Å². The SMILES string of the molecule is [H-].[Li+].[RuH].c1ccc([PH+](c2ccccc2)c2ccccc2)cc1.c1ccc([PH+](c2ccccc2)c2ccccc2)cc1.c1ccc([PH+](c2ccccc2)c2ccccc2)cc1. The molecule has 0 heterocycles. The Kier molecular flexibility index (Phi) is 19.5. The average Bonchev–Trinajstić information content (AvgIpc) is 3.30. The maximum atomic E-state index is 2.24. The third-order valence-corrected chi connectivity index (χ3v) is 17.8. The van der Waals surface area contributed by atoms with E-state index in [2.05, 4.69) is 273 Å². The molecule has 0 radical (unpaired) electrons. The number of benzene rings is 9. The van der Waals surface area contributed by atoms with Gasteiger partial charge in [-0.15, -0.1) is 0 Å². The summed E-state index contributed by atoms with van der Waals surface area (Å²) in [5.41, 5.74) is 0. The van der Waals surface area contributed by atoms with Crippen LogP contribution in [0.15, 0.2) is 273 Å². The van der Waals surface area contributed by atoms with Crippen molar-refractivity contribution in [1.82, 2.24) is 0 Å². The van der Waals surface area contributed by atoms with E-state index in [-0.39, 0.29) is 39.8 Å². The van der Waals surface area contributed by atoms with Crippen LogP contribution in [0.2, 0.25) is 0 Å². The summed E-state index contributed by atoms with van der Waals surface area (Å²) in [6, 6.07) is 97.5. The Hall–Kier alpha value is -4.51. The van der Waals surface area contributed by atoms with Gasteiger partial charge in [-0.25, -0.2) is 0 Å². The molecule has 5 heteroatoms. The van der Waals surface area contributed by atoms with E-state index in [4.69, 9.17) is 0 Å². The van der Waals surface area contributed by atoms with Crippen LogP contribution in [0.5, 0.6) is 0 Å². The minimum absolute atomic E-state index is 0. The minimum Gasteiger partial charge on any atom is -0.0620 e. The van der Waals surface area contributed by atoms with Crippen LogP contribution in [0.25, 0.3) is 0 Å². The quantitative estimate of drug-likeness (QED) is 0.117. The second-order valence-electron chi connectivity index (χ2n) is 13.4. The molecule has 0 fully saturated rings. The molecule has 0 aliphatic rings. The van der Waals surface area contributed by atoms with Gasteiger partial charge in [-0.05, 0) is 109 Å². The first-order valence-electron chi connectivity index (χ1n) is 19.4. The zero-order chi connectivity index (χ0) is 38.7. The van der Waals surface area contributed by atoms with E-state index in [1.54, 1.807) is 0 Å². The van der Waals surface area contributed by atoms with Crippen molar-refractivity contribution in [3.63, 3.8) is 0 Å². The zero-order valence-corrected chi connectivity index (χ0v) is 38.2. The fraction of sp³-hybridized carbons (Fsp3) is 0. The van der Waals surface area contributed by atoms with Crippen LogP contribution in [0, 0.1) is 0 Å². The van der Waals surface area contributed by atoms with Gasteiger partial charge in [0, 0.05) is 0 Å². The van der Waals surface area contributed by atoms with E-state index in [0.29, 0.717) is 0 Å². The molecule has 9 aromatic carbocycles. The van der Waals surface area contributed by atoms with E-state index < -0.39 is 23.8 Å². The molecule has 0 nitrogen and oxygen atoms in total. The van der Waals surface area contributed by atoms with Crippen molar-refractivity contribution >= 4 is 71.5 Å². The molecule has 0 aromatic heterocycles. The smallest absolute Gasteiger partial charge is 0.0620 e. The molecule has 0 saturated heterocycles. The Labute approximate surface area is 381 Å². The Morgan fingerprint density at radius 2 is 0.254 bits per heavy atom. The van der Waals surface area contributed by atoms with E-state index in [9.17, 15) is 0 Å². The van der Waals surface area contributed by atoms with Gasteiger partial charge in [0.1, 0.15) is 47.7 Å². The normalized spacial score (nSPS) is 10.2. The van der Waals surface area contributed by atoms with E-state index in [1.165, 1.54) is 47.7 Å². The predicted molar refractivity (Wildman–Crippen MR) is 262 cm³/mol. The van der Waals surface area contributed by atoms with Gasteiger partial charge in [0.25, 0.3) is 0 Å². The van der Waals surface area contributed by atoms with Crippen molar-refractivity contribution in [3.8, 4) is 0 Å². The van der Waals surface area contributed by atoms with E-state index in [1.807, 2.05) is 0 Å². The molecule has 9 rings (SSSR count). The average molecular weight is 900 g/mol. The summed E-state index contributed by atoms with van der Waals surface area (Å²) < 4.78 is 0. The summed E-state index contributed by atoms with van der Waals surface area (Å²) in [6.45, 7) is 0. The molecular weight excluding hydrogens is 850 g/mol. The first-order chi connectivity index (χ1) is 28.3. The number of hydrogen-bond donors (Lipinski definition) is 0. The molecule has 0 aliphatic heterocycles. The summed E-state index contributed by atoms with van der Waals surface area (Å²) in [5.74, 6) is 0. The molecule has 0 spiro atoms. The van der Waals surface area contributed by atoms with Gasteiger partial charge in [-0.1, -0.05) is 164 Å². The van der Waals surface area contributed by atoms with Gasteiger partial charge in [0.15, 0.2) is 0 Å². The molecule has 9 aromatic rings. The fourth-order valence-corrected chi connectivity index (χ4v) is 14.7. The minimum atomic E-state index is -0.877. The topological polar surface area (TPSA) is 0 Å². The van der Waals surface area contributed by atoms with Crippen molar-refractivity contribution in [3.05, 3.63) is 273 Å². The third kappa shape index (κ3) is 13.2. The largest absolute Gasteiger partial charge is 0.102 e. The van der Waals surface area contributed by atoms with Gasteiger partial charge < -0.3 is 1.43 Å². The van der Waals surface area contributed by atoms with Gasteiger partial charge >= 0.3 is 38.3 Å². The molecule has 0 amide bonds. The summed E-state index contributed by atoms with van der Waals surface area (Å²) in [4.78, 5) is 0. The van der Waals surface area contributed by atoms with E-state index in [0.717, 1.165) is 0 Å². The molecule has 0 atom stereocenters. The molecule has 0 unspecified atom stereocenters. The molecular formula is C54H50LiP3Ru+3. The van der Waals surface area contributed by atoms with Crippen molar-refractivity contribution in [2.24, 2.45) is 0 Å². The fourth-order valence-electron chi connectivity index (χ4n) is 6.94. The monoisotopic (exact) mass is 900 g/mol. The molecule has 59 heavy (non-hydrogen) atoms. The molecule has 0 bridgehead atoms. The second kappa shape index (κ2) is 25.2. The van der Waals surface area contributed by atoms with Crippen LogP contribution < -0.4 is 66.6 Å². The second-order valence-corrected chi connectivity index (χ2v) is 20.9. The summed E-state index contributed by atoms with van der Waals surface area (Å²) >= 11 is 0. The van der Waals surface area contributed by atoms with Crippen molar-refractivity contribution in [2.45, 2.75) is 0 Å². The van der Waals surface area contributed by atoms with E-state index >= 15 is 0 Å². The zero-order valence-electron chi connectivity index (χ0n) is 34.4. The summed E-state index contributed by atoms with van der Waals surface area (Å²) in [6.07, 6.45) is 0. The van der Waals surface area contributed by atoms with Crippen molar-refractivity contribution < 1.29 is 39.8 Å². The summed E-state index contributed by atoms with van der Waals surface area (Å²) in [5, 5.41) is 12.9. The number of rotatable bonds is 9. The Bertz CT molecular complexity index is 1870. The van der Waals surface area contributed by atoms with Crippen LogP contribution >= 0.6 is 23.8 Å². The van der Waals surface area contributed by atoms with Crippen LogP contribution in [-0.4, -0.2) is 0 Å². The molecule has 0 aliphatic carbocycles. The third-order valence-electron chi connectivity index (χ3n) is 9.56.